The summed E-state index contributed by atoms with van der Waals surface area (Å²) < 4.78 is 26.1. The van der Waals surface area contributed by atoms with Gasteiger partial charge in [-0.1, -0.05) is 31.5 Å². The Kier molecular flexibility index (Phi) is 7.24. The summed E-state index contributed by atoms with van der Waals surface area (Å²) in [5, 5.41) is 2.97. The van der Waals surface area contributed by atoms with Crippen molar-refractivity contribution >= 4 is 21.6 Å². The summed E-state index contributed by atoms with van der Waals surface area (Å²) >= 11 is 0. The average molecular weight is 403 g/mol. The maximum Gasteiger partial charge on any atom is 0.251 e. The van der Waals surface area contributed by atoms with Crippen LogP contribution >= 0.6 is 0 Å². The van der Waals surface area contributed by atoms with E-state index in [0.29, 0.717) is 11.3 Å². The molecule has 0 aliphatic heterocycles. The molecule has 2 rings (SSSR count). The maximum atomic E-state index is 12.4. The molecule has 0 heterocycles. The van der Waals surface area contributed by atoms with E-state index in [4.69, 9.17) is 0 Å². The first-order valence-corrected chi connectivity index (χ1v) is 11.4. The van der Waals surface area contributed by atoms with E-state index in [0.717, 1.165) is 29.5 Å². The first-order chi connectivity index (χ1) is 13.1. The normalized spacial score (nSPS) is 12.5. The maximum absolute atomic E-state index is 12.4. The minimum Gasteiger partial charge on any atom is -0.350 e. The molecule has 0 bridgehead atoms. The lowest BCUT2D eigenvalue weighted by Crippen LogP contribution is -2.32. The van der Waals surface area contributed by atoms with Crippen LogP contribution in [-0.2, 0) is 16.6 Å². The van der Waals surface area contributed by atoms with Gasteiger partial charge in [0, 0.05) is 11.6 Å². The van der Waals surface area contributed by atoms with Gasteiger partial charge in [0.1, 0.15) is 0 Å². The Labute approximate surface area is 168 Å². The molecular formula is C22H30N2O3S. The van der Waals surface area contributed by atoms with Gasteiger partial charge in [0.15, 0.2) is 0 Å². The second kappa shape index (κ2) is 9.24. The van der Waals surface area contributed by atoms with Crippen molar-refractivity contribution in [3.63, 3.8) is 0 Å². The highest BCUT2D eigenvalue weighted by Crippen LogP contribution is 2.23. The number of nitrogens with zero attached hydrogens (tertiary/aromatic N) is 1. The van der Waals surface area contributed by atoms with Crippen LogP contribution in [0, 0.1) is 13.8 Å². The van der Waals surface area contributed by atoms with Gasteiger partial charge in [-0.05, 0) is 68.1 Å². The molecule has 0 fully saturated rings. The van der Waals surface area contributed by atoms with Crippen molar-refractivity contribution in [2.24, 2.45) is 0 Å². The lowest BCUT2D eigenvalue weighted by molar-refractivity contribution is 0.0938. The third-order valence-corrected chi connectivity index (χ3v) is 5.96. The quantitative estimate of drug-likeness (QED) is 0.720. The van der Waals surface area contributed by atoms with Crippen LogP contribution in [0.3, 0.4) is 0 Å². The number of anilines is 1. The van der Waals surface area contributed by atoms with Crippen molar-refractivity contribution in [1.82, 2.24) is 5.32 Å². The van der Waals surface area contributed by atoms with Crippen LogP contribution in [0.2, 0.25) is 0 Å². The number of rotatable bonds is 8. The van der Waals surface area contributed by atoms with E-state index in [1.165, 1.54) is 10.6 Å². The summed E-state index contributed by atoms with van der Waals surface area (Å²) in [6, 6.07) is 12.8. The van der Waals surface area contributed by atoms with E-state index in [1.54, 1.807) is 24.3 Å². The lowest BCUT2D eigenvalue weighted by Gasteiger charge is -2.23. The molecule has 1 N–H and O–H groups in total. The van der Waals surface area contributed by atoms with Crippen LogP contribution in [-0.4, -0.2) is 26.6 Å². The second-order valence-electron chi connectivity index (χ2n) is 7.40. The predicted octanol–water partition coefficient (Wildman–Crippen LogP) is 4.19. The minimum absolute atomic E-state index is 0.110. The SMILES string of the molecule is CCC[C@@H](C)NC(=O)c1ccc(CN(c2ccc(C)c(C)c2)S(C)(=O)=O)cc1. The molecule has 0 radical (unpaired) electrons. The van der Waals surface area contributed by atoms with E-state index in [-0.39, 0.29) is 18.5 Å². The summed E-state index contributed by atoms with van der Waals surface area (Å²) in [5.41, 5.74) is 4.19. The van der Waals surface area contributed by atoms with Crippen molar-refractivity contribution in [3.05, 3.63) is 64.7 Å². The first kappa shape index (κ1) is 22.0. The molecule has 152 valence electrons. The third kappa shape index (κ3) is 5.83. The van der Waals surface area contributed by atoms with Crippen molar-refractivity contribution in [2.45, 2.75) is 53.1 Å². The fraction of sp³-hybridized carbons (Fsp3) is 0.409. The number of amides is 1. The smallest absolute Gasteiger partial charge is 0.251 e. The number of hydrogen-bond acceptors (Lipinski definition) is 3. The monoisotopic (exact) mass is 402 g/mol. The van der Waals surface area contributed by atoms with E-state index >= 15 is 0 Å². The van der Waals surface area contributed by atoms with Gasteiger partial charge in [-0.3, -0.25) is 9.10 Å². The van der Waals surface area contributed by atoms with Crippen molar-refractivity contribution in [1.29, 1.82) is 0 Å². The van der Waals surface area contributed by atoms with Gasteiger partial charge < -0.3 is 5.32 Å². The summed E-state index contributed by atoms with van der Waals surface area (Å²) in [6.45, 7) is 8.25. The average Bonchev–Trinajstić information content (AvgIpc) is 2.62. The Morgan fingerprint density at radius 2 is 1.71 bits per heavy atom. The molecular weight excluding hydrogens is 372 g/mol. The number of benzene rings is 2. The van der Waals surface area contributed by atoms with Gasteiger partial charge in [0.2, 0.25) is 10.0 Å². The van der Waals surface area contributed by atoms with Gasteiger partial charge >= 0.3 is 0 Å². The highest BCUT2D eigenvalue weighted by Gasteiger charge is 2.19. The van der Waals surface area contributed by atoms with E-state index in [1.807, 2.05) is 39.0 Å². The summed E-state index contributed by atoms with van der Waals surface area (Å²) in [4.78, 5) is 12.3. The molecule has 6 heteroatoms. The summed E-state index contributed by atoms with van der Waals surface area (Å²) in [7, 11) is -3.44. The lowest BCUT2D eigenvalue weighted by atomic mass is 10.1. The zero-order valence-corrected chi connectivity index (χ0v) is 18.1. The summed E-state index contributed by atoms with van der Waals surface area (Å²) in [6.07, 6.45) is 3.16. The Balaban J connectivity index is 2.19. The van der Waals surface area contributed by atoms with Crippen molar-refractivity contribution < 1.29 is 13.2 Å². The molecule has 1 atom stereocenters. The van der Waals surface area contributed by atoms with Crippen molar-refractivity contribution in [3.8, 4) is 0 Å². The number of hydrogen-bond donors (Lipinski definition) is 1. The number of carbonyl (C=O) groups excluding carboxylic acids is 1. The molecule has 2 aromatic carbocycles. The molecule has 0 aromatic heterocycles. The van der Waals surface area contributed by atoms with Gasteiger partial charge in [-0.2, -0.15) is 0 Å². The molecule has 2 aromatic rings. The largest absolute Gasteiger partial charge is 0.350 e. The zero-order valence-electron chi connectivity index (χ0n) is 17.3. The van der Waals surface area contributed by atoms with Gasteiger partial charge in [-0.15, -0.1) is 0 Å². The molecule has 0 spiro atoms. The molecule has 0 aliphatic carbocycles. The minimum atomic E-state index is -3.44. The summed E-state index contributed by atoms with van der Waals surface area (Å²) in [5.74, 6) is -0.110. The Hall–Kier alpha value is -2.34. The molecule has 28 heavy (non-hydrogen) atoms. The van der Waals surface area contributed by atoms with Crippen LogP contribution in [0.5, 0.6) is 0 Å². The molecule has 5 nitrogen and oxygen atoms in total. The van der Waals surface area contributed by atoms with Crippen LogP contribution in [0.25, 0.3) is 0 Å². The van der Waals surface area contributed by atoms with Crippen LogP contribution in [0.4, 0.5) is 5.69 Å². The first-order valence-electron chi connectivity index (χ1n) is 9.56. The van der Waals surface area contributed by atoms with Gasteiger partial charge in [0.05, 0.1) is 18.5 Å². The fourth-order valence-corrected chi connectivity index (χ4v) is 3.90. The second-order valence-corrected chi connectivity index (χ2v) is 9.31. The highest BCUT2D eigenvalue weighted by molar-refractivity contribution is 7.92. The third-order valence-electron chi connectivity index (χ3n) is 4.82. The zero-order chi connectivity index (χ0) is 20.9. The van der Waals surface area contributed by atoms with E-state index < -0.39 is 10.0 Å². The van der Waals surface area contributed by atoms with Gasteiger partial charge in [-0.25, -0.2) is 8.42 Å². The molecule has 0 aliphatic rings. The predicted molar refractivity (Wildman–Crippen MR) is 115 cm³/mol. The molecule has 0 saturated heterocycles. The number of sulfonamides is 1. The van der Waals surface area contributed by atoms with E-state index in [9.17, 15) is 13.2 Å². The van der Waals surface area contributed by atoms with Crippen LogP contribution in [0.15, 0.2) is 42.5 Å². The Morgan fingerprint density at radius 1 is 1.07 bits per heavy atom. The molecule has 0 unspecified atom stereocenters. The van der Waals surface area contributed by atoms with E-state index in [2.05, 4.69) is 12.2 Å². The fourth-order valence-electron chi connectivity index (χ4n) is 3.02. The van der Waals surface area contributed by atoms with Crippen molar-refractivity contribution in [2.75, 3.05) is 10.6 Å². The number of carbonyl (C=O) groups is 1. The number of nitrogens with one attached hydrogen (secondary N) is 1. The Morgan fingerprint density at radius 3 is 2.25 bits per heavy atom. The molecule has 0 saturated carbocycles. The highest BCUT2D eigenvalue weighted by atomic mass is 32.2. The van der Waals surface area contributed by atoms with Gasteiger partial charge in [0.25, 0.3) is 5.91 Å². The van der Waals surface area contributed by atoms with Crippen LogP contribution < -0.4 is 9.62 Å². The number of aryl methyl sites for hydroxylation is 2. The Bertz CT molecular complexity index is 921. The van der Waals surface area contributed by atoms with Crippen LogP contribution in [0.1, 0.15) is 53.7 Å². The topological polar surface area (TPSA) is 66.5 Å². The standard InChI is InChI=1S/C22H30N2O3S/c1-6-7-18(4)23-22(25)20-11-9-19(10-12-20)15-24(28(5,26)27)21-13-8-16(2)17(3)14-21/h8-14,18H,6-7,15H2,1-5H3,(H,23,25)/t18-/m1/s1. The molecule has 1 amide bonds.